The third kappa shape index (κ3) is 3.03. The molecule has 0 atom stereocenters. The van der Waals surface area contributed by atoms with Crippen molar-refractivity contribution in [3.63, 3.8) is 0 Å². The molecule has 0 bridgehead atoms. The summed E-state index contributed by atoms with van der Waals surface area (Å²) in [6.07, 6.45) is 0.736. The number of nitrogens with one attached hydrogen (secondary N) is 1. The SMILES string of the molecule is Cc1ccccc1NCCc1nc2cc(Cl)cc(C)c2o1. The maximum Gasteiger partial charge on any atom is 0.197 e. The molecule has 0 saturated carbocycles. The van der Waals surface area contributed by atoms with Crippen LogP contribution in [0.5, 0.6) is 0 Å². The van der Waals surface area contributed by atoms with Crippen LogP contribution in [0.1, 0.15) is 17.0 Å². The van der Waals surface area contributed by atoms with Crippen LogP contribution in [0.4, 0.5) is 5.69 Å². The molecule has 0 fully saturated rings. The van der Waals surface area contributed by atoms with Gasteiger partial charge in [0.2, 0.25) is 0 Å². The Morgan fingerprint density at radius 3 is 2.76 bits per heavy atom. The predicted octanol–water partition coefficient (Wildman–Crippen LogP) is 4.75. The van der Waals surface area contributed by atoms with Crippen molar-refractivity contribution in [2.24, 2.45) is 0 Å². The van der Waals surface area contributed by atoms with Gasteiger partial charge in [-0.3, -0.25) is 0 Å². The van der Waals surface area contributed by atoms with E-state index in [1.54, 1.807) is 0 Å². The third-order valence-corrected chi connectivity index (χ3v) is 3.70. The molecule has 0 aliphatic carbocycles. The standard InChI is InChI=1S/C17H17ClN2O/c1-11-5-3-4-6-14(11)19-8-7-16-20-15-10-13(18)9-12(2)17(15)21-16/h3-6,9-10,19H,7-8H2,1-2H3. The number of benzene rings is 2. The van der Waals surface area contributed by atoms with Gasteiger partial charge in [0.05, 0.1) is 0 Å². The molecule has 3 rings (SSSR count). The molecule has 4 heteroatoms. The minimum Gasteiger partial charge on any atom is -0.440 e. The van der Waals surface area contributed by atoms with Gasteiger partial charge < -0.3 is 9.73 Å². The second-order valence-electron chi connectivity index (χ2n) is 5.17. The highest BCUT2D eigenvalue weighted by atomic mass is 35.5. The zero-order valence-corrected chi connectivity index (χ0v) is 12.9. The van der Waals surface area contributed by atoms with Crippen LogP contribution < -0.4 is 5.32 Å². The number of nitrogens with zero attached hydrogens (tertiary/aromatic N) is 1. The Balaban J connectivity index is 1.71. The Bertz CT molecular complexity index is 780. The second-order valence-corrected chi connectivity index (χ2v) is 5.61. The molecule has 0 saturated heterocycles. The number of aromatic nitrogens is 1. The molecule has 1 aromatic heterocycles. The molecule has 108 valence electrons. The quantitative estimate of drug-likeness (QED) is 0.755. The number of para-hydroxylation sites is 1. The van der Waals surface area contributed by atoms with Gasteiger partial charge in [0.15, 0.2) is 11.5 Å². The minimum absolute atomic E-state index is 0.692. The first kappa shape index (κ1) is 14.0. The van der Waals surface area contributed by atoms with Gasteiger partial charge in [-0.15, -0.1) is 0 Å². The number of aryl methyl sites for hydroxylation is 2. The van der Waals surface area contributed by atoms with E-state index in [2.05, 4.69) is 29.4 Å². The molecule has 2 aromatic carbocycles. The fourth-order valence-electron chi connectivity index (χ4n) is 2.39. The van der Waals surface area contributed by atoms with Gasteiger partial charge >= 0.3 is 0 Å². The first-order chi connectivity index (χ1) is 10.1. The van der Waals surface area contributed by atoms with E-state index in [1.165, 1.54) is 5.56 Å². The first-order valence-corrected chi connectivity index (χ1v) is 7.36. The lowest BCUT2D eigenvalue weighted by atomic mass is 10.2. The molecule has 1 heterocycles. The van der Waals surface area contributed by atoms with Crippen molar-refractivity contribution < 1.29 is 4.42 Å². The van der Waals surface area contributed by atoms with Crippen molar-refractivity contribution in [1.82, 2.24) is 4.98 Å². The zero-order valence-electron chi connectivity index (χ0n) is 12.1. The summed E-state index contributed by atoms with van der Waals surface area (Å²) in [5, 5.41) is 4.10. The lowest BCUT2D eigenvalue weighted by molar-refractivity contribution is 0.532. The second kappa shape index (κ2) is 5.78. The summed E-state index contributed by atoms with van der Waals surface area (Å²) in [4.78, 5) is 4.50. The van der Waals surface area contributed by atoms with E-state index < -0.39 is 0 Å². The third-order valence-electron chi connectivity index (χ3n) is 3.48. The van der Waals surface area contributed by atoms with Gasteiger partial charge in [-0.2, -0.15) is 0 Å². The Kier molecular flexibility index (Phi) is 3.84. The monoisotopic (exact) mass is 300 g/mol. The first-order valence-electron chi connectivity index (χ1n) is 6.98. The summed E-state index contributed by atoms with van der Waals surface area (Å²) in [5.74, 6) is 0.733. The Hall–Kier alpha value is -2.00. The molecule has 1 N–H and O–H groups in total. The van der Waals surface area contributed by atoms with E-state index in [0.717, 1.165) is 41.2 Å². The molecule has 0 radical (unpaired) electrons. The number of hydrogen-bond donors (Lipinski definition) is 1. The molecular formula is C17H17ClN2O. The molecule has 0 unspecified atom stereocenters. The van der Waals surface area contributed by atoms with E-state index in [4.69, 9.17) is 16.0 Å². The maximum atomic E-state index is 6.04. The molecule has 3 nitrogen and oxygen atoms in total. The zero-order chi connectivity index (χ0) is 14.8. The molecule has 0 amide bonds. The van der Waals surface area contributed by atoms with Crippen molar-refractivity contribution in [2.75, 3.05) is 11.9 Å². The average molecular weight is 301 g/mol. The minimum atomic E-state index is 0.692. The smallest absolute Gasteiger partial charge is 0.197 e. The van der Waals surface area contributed by atoms with Crippen molar-refractivity contribution in [2.45, 2.75) is 20.3 Å². The molecule has 0 aliphatic rings. The number of hydrogen-bond acceptors (Lipinski definition) is 3. The lowest BCUT2D eigenvalue weighted by Gasteiger charge is -2.07. The van der Waals surface area contributed by atoms with E-state index in [9.17, 15) is 0 Å². The van der Waals surface area contributed by atoms with Crippen LogP contribution in [0.2, 0.25) is 5.02 Å². The fourth-order valence-corrected chi connectivity index (χ4v) is 2.65. The van der Waals surface area contributed by atoms with E-state index in [0.29, 0.717) is 5.02 Å². The molecule has 3 aromatic rings. The van der Waals surface area contributed by atoms with E-state index in [-0.39, 0.29) is 0 Å². The Morgan fingerprint density at radius 2 is 1.95 bits per heavy atom. The average Bonchev–Trinajstić information content (AvgIpc) is 2.84. The normalized spacial score (nSPS) is 11.0. The van der Waals surface area contributed by atoms with Crippen molar-refractivity contribution in [1.29, 1.82) is 0 Å². The summed E-state index contributed by atoms with van der Waals surface area (Å²) >= 11 is 6.04. The topological polar surface area (TPSA) is 38.1 Å². The van der Waals surface area contributed by atoms with Crippen LogP contribution in [0.15, 0.2) is 40.8 Å². The van der Waals surface area contributed by atoms with Gasteiger partial charge in [0.1, 0.15) is 5.52 Å². The largest absolute Gasteiger partial charge is 0.440 e. The summed E-state index contributed by atoms with van der Waals surface area (Å²) in [6.45, 7) is 4.85. The van der Waals surface area contributed by atoms with Gasteiger partial charge in [-0.1, -0.05) is 29.8 Å². The van der Waals surface area contributed by atoms with Crippen molar-refractivity contribution in [3.05, 3.63) is 58.4 Å². The summed E-state index contributed by atoms with van der Waals surface area (Å²) in [7, 11) is 0. The van der Waals surface area contributed by atoms with E-state index in [1.807, 2.05) is 31.2 Å². The highest BCUT2D eigenvalue weighted by Gasteiger charge is 2.09. The number of rotatable bonds is 4. The van der Waals surface area contributed by atoms with Gasteiger partial charge in [0.25, 0.3) is 0 Å². The number of fused-ring (bicyclic) bond motifs is 1. The highest BCUT2D eigenvalue weighted by molar-refractivity contribution is 6.31. The van der Waals surface area contributed by atoms with E-state index >= 15 is 0 Å². The number of halogens is 1. The van der Waals surface area contributed by atoms with Crippen LogP contribution >= 0.6 is 11.6 Å². The Morgan fingerprint density at radius 1 is 1.14 bits per heavy atom. The molecule has 21 heavy (non-hydrogen) atoms. The summed E-state index contributed by atoms with van der Waals surface area (Å²) in [6, 6.07) is 12.0. The number of anilines is 1. The number of oxazole rings is 1. The maximum absolute atomic E-state index is 6.04. The summed E-state index contributed by atoms with van der Waals surface area (Å²) < 4.78 is 5.81. The van der Waals surface area contributed by atoms with Crippen LogP contribution in [-0.4, -0.2) is 11.5 Å². The fraction of sp³-hybridized carbons (Fsp3) is 0.235. The molecule has 0 aliphatic heterocycles. The predicted molar refractivity (Wildman–Crippen MR) is 87.1 cm³/mol. The van der Waals surface area contributed by atoms with Crippen LogP contribution in [0.3, 0.4) is 0 Å². The highest BCUT2D eigenvalue weighted by Crippen LogP contribution is 2.24. The van der Waals surface area contributed by atoms with Gasteiger partial charge in [-0.05, 0) is 43.2 Å². The van der Waals surface area contributed by atoms with Crippen molar-refractivity contribution in [3.8, 4) is 0 Å². The molecular weight excluding hydrogens is 284 g/mol. The van der Waals surface area contributed by atoms with Crippen LogP contribution in [-0.2, 0) is 6.42 Å². The van der Waals surface area contributed by atoms with Crippen molar-refractivity contribution >= 4 is 28.4 Å². The van der Waals surface area contributed by atoms with Gasteiger partial charge in [0, 0.05) is 23.7 Å². The van der Waals surface area contributed by atoms with Gasteiger partial charge in [-0.25, -0.2) is 4.98 Å². The lowest BCUT2D eigenvalue weighted by Crippen LogP contribution is -2.05. The van der Waals surface area contributed by atoms with Crippen LogP contribution in [0.25, 0.3) is 11.1 Å². The Labute approximate surface area is 128 Å². The molecule has 0 spiro atoms. The summed E-state index contributed by atoms with van der Waals surface area (Å²) in [5.41, 5.74) is 5.05. The van der Waals surface area contributed by atoms with Crippen LogP contribution in [0, 0.1) is 13.8 Å².